The number of piperazine rings is 1. The minimum Gasteiger partial charge on any atom is -0.371 e. The standard InChI is InChI=1S/C33H33N3O5S3.15CH4/c1-3-19-41-21-43-29-28(37)35-30-32(20-33(35,42)31(38)34(29)2,25-18-17-22-11-7-8-14-24(22)25)26-15-9-10-16-27(26)36(30)44(39,40)23-12-5-4-6-13-23;;;;;;;;;;;;;;;/h4-16,18,29-30,42H,3,17,19-21H2,1-2H3;15*1H4/t29-,30-,32-,33-;;;;;;;;;;;;;;;/m0.............../s1. The fraction of sp³-hybridized carbons (Fsp3) is 0.542. The van der Waals surface area contributed by atoms with E-state index in [1.165, 1.54) is 25.9 Å². The third-order valence-electron chi connectivity index (χ3n) is 9.19. The first kappa shape index (κ1) is 76.5. The van der Waals surface area contributed by atoms with Crippen molar-refractivity contribution in [2.75, 3.05) is 23.9 Å². The van der Waals surface area contributed by atoms with E-state index in [1.807, 2.05) is 43.3 Å². The number of amides is 2. The highest BCUT2D eigenvalue weighted by Gasteiger charge is 2.74. The van der Waals surface area contributed by atoms with Gasteiger partial charge in [-0.2, -0.15) is 0 Å². The molecule has 0 unspecified atom stereocenters. The molecule has 0 spiro atoms. The summed E-state index contributed by atoms with van der Waals surface area (Å²) in [5, 5.41) is -0.898. The molecule has 59 heavy (non-hydrogen) atoms. The number of thiol groups is 1. The molecule has 2 amide bonds. The second-order valence-electron chi connectivity index (χ2n) is 11.6. The Morgan fingerprint density at radius 1 is 0.763 bits per heavy atom. The Bertz CT molecular complexity index is 1800. The monoisotopic (exact) mass is 888 g/mol. The molecular formula is C48H93N3O5S3. The van der Waals surface area contributed by atoms with Crippen LogP contribution in [0.1, 0.15) is 148 Å². The zero-order chi connectivity index (χ0) is 30.9. The number of fused-ring (bicyclic) bond motifs is 6. The molecule has 3 heterocycles. The van der Waals surface area contributed by atoms with Crippen molar-refractivity contribution in [2.24, 2.45) is 0 Å². The van der Waals surface area contributed by atoms with E-state index >= 15 is 0 Å². The minimum absolute atomic E-state index is 0. The van der Waals surface area contributed by atoms with Gasteiger partial charge in [-0.15, -0.1) is 12.6 Å². The molecule has 2 fully saturated rings. The summed E-state index contributed by atoms with van der Waals surface area (Å²) < 4.78 is 36.5. The molecule has 0 N–H and O–H groups in total. The molecule has 7 rings (SSSR count). The number of nitrogens with zero attached hydrogens (tertiary/aromatic N) is 3. The van der Waals surface area contributed by atoms with Gasteiger partial charge in [0.05, 0.1) is 21.9 Å². The number of hydrogen-bond donors (Lipinski definition) is 1. The van der Waals surface area contributed by atoms with Crippen LogP contribution in [0.2, 0.25) is 0 Å². The van der Waals surface area contributed by atoms with Gasteiger partial charge in [0.15, 0.2) is 10.2 Å². The van der Waals surface area contributed by atoms with E-state index < -0.39 is 31.8 Å². The van der Waals surface area contributed by atoms with Gasteiger partial charge in [-0.25, -0.2) is 12.7 Å². The average Bonchev–Trinajstić information content (AvgIpc) is 3.67. The number of carbonyl (C=O) groups excluding carboxylic acids is 2. The summed E-state index contributed by atoms with van der Waals surface area (Å²) in [5.41, 5.74) is 3.22. The van der Waals surface area contributed by atoms with Crippen molar-refractivity contribution in [3.05, 3.63) is 102 Å². The van der Waals surface area contributed by atoms with Crippen LogP contribution in [0.15, 0.2) is 89.8 Å². The van der Waals surface area contributed by atoms with Gasteiger partial charge in [-0.05, 0) is 53.3 Å². The smallest absolute Gasteiger partial charge is 0.266 e. The normalized spacial score (nSPS) is 20.3. The van der Waals surface area contributed by atoms with Crippen molar-refractivity contribution < 1.29 is 22.7 Å². The Balaban J connectivity index is -0.000000238. The highest BCUT2D eigenvalue weighted by molar-refractivity contribution is 8.00. The van der Waals surface area contributed by atoms with E-state index in [4.69, 9.17) is 17.4 Å². The Morgan fingerprint density at radius 2 is 1.29 bits per heavy atom. The molecule has 348 valence electrons. The fourth-order valence-electron chi connectivity index (χ4n) is 7.41. The molecule has 11 heteroatoms. The maximum absolute atomic E-state index is 14.7. The number of para-hydroxylation sites is 1. The van der Waals surface area contributed by atoms with Gasteiger partial charge in [-0.3, -0.25) is 14.5 Å². The third kappa shape index (κ3) is 11.0. The molecule has 0 aromatic heterocycles. The van der Waals surface area contributed by atoms with Crippen LogP contribution in [0.3, 0.4) is 0 Å². The number of benzene rings is 3. The molecule has 8 nitrogen and oxygen atoms in total. The number of thioether (sulfide) groups is 1. The number of likely N-dealkylation sites (N-methyl/N-ethyl adjacent to an activating group) is 1. The zero-order valence-corrected chi connectivity index (χ0v) is 26.9. The number of hydrogen-bond acceptors (Lipinski definition) is 7. The lowest BCUT2D eigenvalue weighted by Gasteiger charge is -2.48. The number of allylic oxidation sites excluding steroid dienone is 1. The van der Waals surface area contributed by atoms with Crippen molar-refractivity contribution in [1.29, 1.82) is 0 Å². The number of ether oxygens (including phenoxy) is 1. The largest absolute Gasteiger partial charge is 0.371 e. The molecule has 4 atom stereocenters. The van der Waals surface area contributed by atoms with E-state index in [9.17, 15) is 18.0 Å². The molecule has 4 aliphatic rings. The SMILES string of the molecule is C.C.C.C.C.C.C.C.C.C.C.C.C.C.C.CCCOCS[C@H]1C(=O)N2[C@H]3N(S(=O)(=O)c4ccccc4)c4ccccc4[C@@]3(C3=CCc4ccccc43)C[C@]2(S)C(=O)N1C. The van der Waals surface area contributed by atoms with Crippen LogP contribution in [0.4, 0.5) is 5.69 Å². The summed E-state index contributed by atoms with van der Waals surface area (Å²) in [4.78, 5) is 30.5. The average molecular weight is 888 g/mol. The Hall–Kier alpha value is -3.25. The molecule has 3 aliphatic heterocycles. The second kappa shape index (κ2) is 28.3. The molecule has 2 saturated heterocycles. The quantitative estimate of drug-likeness (QED) is 0.138. The third-order valence-corrected chi connectivity index (χ3v) is 12.7. The molecule has 3 aromatic carbocycles. The summed E-state index contributed by atoms with van der Waals surface area (Å²) >= 11 is 6.27. The number of rotatable bonds is 8. The Labute approximate surface area is 378 Å². The molecule has 0 bridgehead atoms. The van der Waals surface area contributed by atoms with Crippen molar-refractivity contribution in [3.63, 3.8) is 0 Å². The summed E-state index contributed by atoms with van der Waals surface area (Å²) in [6.07, 6.45) is 2.68. The highest BCUT2D eigenvalue weighted by Crippen LogP contribution is 2.66. The van der Waals surface area contributed by atoms with Crippen LogP contribution in [-0.2, 0) is 36.2 Å². The predicted molar refractivity (Wildman–Crippen MR) is 276 cm³/mol. The van der Waals surface area contributed by atoms with Crippen LogP contribution in [-0.4, -0.2) is 66.0 Å². The summed E-state index contributed by atoms with van der Waals surface area (Å²) in [6.45, 7) is 2.53. The summed E-state index contributed by atoms with van der Waals surface area (Å²) in [7, 11) is -2.59. The van der Waals surface area contributed by atoms with Crippen molar-refractivity contribution in [3.8, 4) is 0 Å². The molecule has 0 saturated carbocycles. The van der Waals surface area contributed by atoms with Crippen LogP contribution >= 0.6 is 24.4 Å². The van der Waals surface area contributed by atoms with Gasteiger partial charge >= 0.3 is 0 Å². The van der Waals surface area contributed by atoms with Gasteiger partial charge in [0.25, 0.3) is 21.8 Å². The van der Waals surface area contributed by atoms with E-state index in [0.717, 1.165) is 28.7 Å². The first-order chi connectivity index (χ1) is 21.2. The summed E-state index contributed by atoms with van der Waals surface area (Å²) in [6, 6.07) is 23.7. The highest BCUT2D eigenvalue weighted by atomic mass is 32.2. The van der Waals surface area contributed by atoms with Gasteiger partial charge in [-0.1, -0.05) is 197 Å². The topological polar surface area (TPSA) is 87.2 Å². The fourth-order valence-corrected chi connectivity index (χ4v) is 10.6. The summed E-state index contributed by atoms with van der Waals surface area (Å²) in [5.74, 6) is -0.494. The lowest BCUT2D eigenvalue weighted by atomic mass is 9.70. The van der Waals surface area contributed by atoms with Gasteiger partial charge < -0.3 is 9.64 Å². The molecule has 0 radical (unpaired) electrons. The van der Waals surface area contributed by atoms with Crippen LogP contribution in [0.5, 0.6) is 0 Å². The lowest BCUT2D eigenvalue weighted by Crippen LogP contribution is -2.69. The van der Waals surface area contributed by atoms with Gasteiger partial charge in [0, 0.05) is 20.1 Å². The predicted octanol–water partition coefficient (Wildman–Crippen LogP) is 14.4. The molecule has 1 aliphatic carbocycles. The van der Waals surface area contributed by atoms with Crippen LogP contribution in [0, 0.1) is 0 Å². The first-order valence-electron chi connectivity index (χ1n) is 14.7. The molecule has 3 aromatic rings. The minimum atomic E-state index is -4.20. The Morgan fingerprint density at radius 3 is 1.86 bits per heavy atom. The number of anilines is 1. The van der Waals surface area contributed by atoms with Crippen LogP contribution in [0.25, 0.3) is 5.57 Å². The maximum atomic E-state index is 14.7. The van der Waals surface area contributed by atoms with E-state index in [-0.39, 0.29) is 140 Å². The molecular weight excluding hydrogens is 795 g/mol. The lowest BCUT2D eigenvalue weighted by molar-refractivity contribution is -0.157. The van der Waals surface area contributed by atoms with Gasteiger partial charge in [0.1, 0.15) is 6.17 Å². The zero-order valence-electron chi connectivity index (χ0n) is 24.4. The number of sulfonamides is 1. The van der Waals surface area contributed by atoms with Crippen molar-refractivity contribution in [1.82, 2.24) is 9.80 Å². The van der Waals surface area contributed by atoms with Gasteiger partial charge in [0.2, 0.25) is 0 Å². The van der Waals surface area contributed by atoms with E-state index in [1.54, 1.807) is 43.4 Å². The second-order valence-corrected chi connectivity index (χ2v) is 15.2. The number of carbonyl (C=O) groups is 2. The Kier molecular flexibility index (Phi) is 36.7. The van der Waals surface area contributed by atoms with Crippen molar-refractivity contribution in [2.45, 2.75) is 164 Å². The van der Waals surface area contributed by atoms with E-state index in [2.05, 4.69) is 12.1 Å². The van der Waals surface area contributed by atoms with E-state index in [0.29, 0.717) is 18.7 Å². The first-order valence-corrected chi connectivity index (χ1v) is 17.6. The maximum Gasteiger partial charge on any atom is 0.266 e. The van der Waals surface area contributed by atoms with Crippen molar-refractivity contribution >= 4 is 57.5 Å². The van der Waals surface area contributed by atoms with Crippen LogP contribution < -0.4 is 4.31 Å².